The number of ether oxygens (including phenoxy) is 1. The number of nitrogens with zero attached hydrogens (tertiary/aromatic N) is 2. The highest BCUT2D eigenvalue weighted by Crippen LogP contribution is 2.45. The van der Waals surface area contributed by atoms with Crippen LogP contribution < -0.4 is 9.84 Å². The second-order valence-corrected chi connectivity index (χ2v) is 10.2. The molecule has 194 valence electrons. The van der Waals surface area contributed by atoms with Crippen LogP contribution in [0.5, 0.6) is 5.75 Å². The summed E-state index contributed by atoms with van der Waals surface area (Å²) in [5.74, 6) is -1.07. The number of phosphoric acid groups is 1. The zero-order valence-electron chi connectivity index (χ0n) is 19.8. The number of carbonyl (C=O) groups is 1. The van der Waals surface area contributed by atoms with Crippen molar-refractivity contribution in [2.24, 2.45) is 0 Å². The van der Waals surface area contributed by atoms with Crippen LogP contribution in [0.25, 0.3) is 0 Å². The van der Waals surface area contributed by atoms with E-state index < -0.39 is 37.5 Å². The molecular formula is C21H35N2O10P. The van der Waals surface area contributed by atoms with Crippen LogP contribution in [0.1, 0.15) is 44.9 Å². The Labute approximate surface area is 199 Å². The Bertz CT molecular complexity index is 830. The van der Waals surface area contributed by atoms with E-state index in [4.69, 9.17) is 18.9 Å². The fraction of sp³-hybridized carbons (Fsp3) is 0.667. The molecule has 0 fully saturated rings. The molecule has 1 aromatic carbocycles. The quantitative estimate of drug-likeness (QED) is 0.0754. The van der Waals surface area contributed by atoms with Crippen molar-refractivity contribution in [3.63, 3.8) is 0 Å². The minimum absolute atomic E-state index is 0.0647. The van der Waals surface area contributed by atoms with E-state index in [2.05, 4.69) is 0 Å². The van der Waals surface area contributed by atoms with Crippen molar-refractivity contribution in [3.8, 4) is 5.75 Å². The Balaban J connectivity index is 2.24. The molecule has 0 aliphatic rings. The summed E-state index contributed by atoms with van der Waals surface area (Å²) in [7, 11) is 0.0380. The van der Waals surface area contributed by atoms with Gasteiger partial charge in [0.2, 0.25) is 0 Å². The van der Waals surface area contributed by atoms with Gasteiger partial charge in [0.05, 0.1) is 45.7 Å². The van der Waals surface area contributed by atoms with Crippen LogP contribution in [0.3, 0.4) is 0 Å². The maximum atomic E-state index is 12.4. The summed E-state index contributed by atoms with van der Waals surface area (Å²) in [6.45, 7) is 0.298. The number of benzene rings is 1. The van der Waals surface area contributed by atoms with Crippen LogP contribution in [-0.4, -0.2) is 72.1 Å². The maximum absolute atomic E-state index is 12.4. The summed E-state index contributed by atoms with van der Waals surface area (Å²) in [5.41, 5.74) is -0.0647. The molecule has 3 atom stereocenters. The number of nitro groups is 1. The minimum Gasteiger partial charge on any atom is -0.804 e. The van der Waals surface area contributed by atoms with Crippen LogP contribution >= 0.6 is 7.82 Å². The highest BCUT2D eigenvalue weighted by molar-refractivity contribution is 7.47. The second kappa shape index (κ2) is 14.3. The molecule has 34 heavy (non-hydrogen) atoms. The Morgan fingerprint density at radius 3 is 2.21 bits per heavy atom. The maximum Gasteiger partial charge on any atom is 0.472 e. The van der Waals surface area contributed by atoms with Crippen molar-refractivity contribution in [1.29, 1.82) is 0 Å². The number of hydrogen-bond donors (Lipinski definition) is 2. The van der Waals surface area contributed by atoms with Gasteiger partial charge in [-0.25, -0.2) is 4.57 Å². The van der Waals surface area contributed by atoms with E-state index >= 15 is 0 Å². The molecule has 13 heteroatoms. The van der Waals surface area contributed by atoms with Gasteiger partial charge in [0.15, 0.2) is 5.75 Å². The Morgan fingerprint density at radius 1 is 1.09 bits per heavy atom. The van der Waals surface area contributed by atoms with Gasteiger partial charge >= 0.3 is 19.5 Å². The smallest absolute Gasteiger partial charge is 0.472 e. The summed E-state index contributed by atoms with van der Waals surface area (Å²) >= 11 is 0. The molecule has 0 spiro atoms. The van der Waals surface area contributed by atoms with Gasteiger partial charge < -0.3 is 24.3 Å². The van der Waals surface area contributed by atoms with E-state index in [0.717, 1.165) is 32.1 Å². The number of phosphoric ester groups is 1. The predicted octanol–water partition coefficient (Wildman–Crippen LogP) is 2.68. The van der Waals surface area contributed by atoms with Gasteiger partial charge in [-0.1, -0.05) is 37.8 Å². The first-order valence-corrected chi connectivity index (χ1v) is 12.5. The fourth-order valence-electron chi connectivity index (χ4n) is 3.07. The van der Waals surface area contributed by atoms with Crippen LogP contribution in [0.15, 0.2) is 24.3 Å². The molecule has 0 bridgehead atoms. The van der Waals surface area contributed by atoms with E-state index in [1.54, 1.807) is 18.2 Å². The standard InChI is InChI=1S/C21H35N2O10P/c1-23(2,3)21(26)19(16-20(24)25)33-34(29,30)32-15-11-7-5-4-6-10-14-31-18-13-9-8-12-17(18)22(27)28/h8-9,12-13,19,21H,4-7,10-11,14-16H2,1-3H3,(H,24,25)(H,29,30)/t19-,21?/m1/s1. The first-order valence-electron chi connectivity index (χ1n) is 11.0. The lowest BCUT2D eigenvalue weighted by Crippen LogP contribution is -2.60. The normalized spacial score (nSPS) is 15.3. The average Bonchev–Trinajstić information content (AvgIpc) is 2.73. The molecular weight excluding hydrogens is 471 g/mol. The Hall–Kier alpha value is -2.08. The molecule has 0 saturated heterocycles. The number of carboxylic acids is 1. The van der Waals surface area contributed by atoms with Crippen molar-refractivity contribution < 1.29 is 47.7 Å². The molecule has 1 rings (SSSR count). The summed E-state index contributed by atoms with van der Waals surface area (Å²) in [4.78, 5) is 31.3. The molecule has 0 radical (unpaired) electrons. The topological polar surface area (TPSA) is 168 Å². The number of likely N-dealkylation sites (N-methyl/N-ethyl adjacent to an activating group) is 1. The second-order valence-electron chi connectivity index (χ2n) is 8.74. The zero-order valence-corrected chi connectivity index (χ0v) is 20.7. The number of carboxylic acid groups (broad SMARTS) is 1. The highest BCUT2D eigenvalue weighted by Gasteiger charge is 2.34. The third kappa shape index (κ3) is 11.9. The van der Waals surface area contributed by atoms with Crippen molar-refractivity contribution in [2.45, 2.75) is 57.3 Å². The number of hydrogen-bond acceptors (Lipinski definition) is 8. The number of nitro benzene ring substituents is 1. The molecule has 2 unspecified atom stereocenters. The number of unbranched alkanes of at least 4 members (excludes halogenated alkanes) is 5. The molecule has 0 amide bonds. The SMILES string of the molecule is C[N+](C)(C)C([O-])[C@@H](CC(=O)O)OP(=O)(O)OCCCCCCCCOc1ccccc1[N+](=O)[O-]. The van der Waals surface area contributed by atoms with Gasteiger partial charge in [-0.05, 0) is 18.9 Å². The van der Waals surface area contributed by atoms with Crippen LogP contribution in [0.2, 0.25) is 0 Å². The van der Waals surface area contributed by atoms with Crippen molar-refractivity contribution in [3.05, 3.63) is 34.4 Å². The lowest BCUT2D eigenvalue weighted by molar-refractivity contribution is -0.973. The molecule has 12 nitrogen and oxygen atoms in total. The zero-order chi connectivity index (χ0) is 25.8. The minimum atomic E-state index is -4.58. The van der Waals surface area contributed by atoms with Gasteiger partial charge in [0.25, 0.3) is 0 Å². The highest BCUT2D eigenvalue weighted by atomic mass is 31.2. The Morgan fingerprint density at radius 2 is 1.65 bits per heavy atom. The third-order valence-corrected chi connectivity index (χ3v) is 5.88. The van der Waals surface area contributed by atoms with Gasteiger partial charge in [-0.3, -0.25) is 24.0 Å². The summed E-state index contributed by atoms with van der Waals surface area (Å²) < 4.78 is 27.2. The predicted molar refractivity (Wildman–Crippen MR) is 121 cm³/mol. The summed E-state index contributed by atoms with van der Waals surface area (Å²) in [5, 5.41) is 32.3. The van der Waals surface area contributed by atoms with Crippen molar-refractivity contribution in [1.82, 2.24) is 0 Å². The van der Waals surface area contributed by atoms with Crippen LogP contribution in [0, 0.1) is 10.1 Å². The summed E-state index contributed by atoms with van der Waals surface area (Å²) in [6.07, 6.45) is 0.717. The van der Waals surface area contributed by atoms with Crippen LogP contribution in [0.4, 0.5) is 5.69 Å². The van der Waals surface area contributed by atoms with E-state index in [-0.39, 0.29) is 22.5 Å². The monoisotopic (exact) mass is 506 g/mol. The van der Waals surface area contributed by atoms with E-state index in [9.17, 15) is 29.5 Å². The van der Waals surface area contributed by atoms with E-state index in [0.29, 0.717) is 13.0 Å². The van der Waals surface area contributed by atoms with E-state index in [1.807, 2.05) is 0 Å². The first kappa shape index (κ1) is 30.0. The molecule has 0 heterocycles. The van der Waals surface area contributed by atoms with Crippen molar-refractivity contribution >= 4 is 19.5 Å². The van der Waals surface area contributed by atoms with Crippen molar-refractivity contribution in [2.75, 3.05) is 34.4 Å². The number of aliphatic carboxylic acids is 1. The largest absolute Gasteiger partial charge is 0.804 e. The number of rotatable bonds is 18. The number of quaternary nitrogens is 1. The molecule has 0 aliphatic heterocycles. The molecule has 2 N–H and O–H groups in total. The van der Waals surface area contributed by atoms with Crippen LogP contribution in [-0.2, 0) is 18.4 Å². The molecule has 0 aliphatic carbocycles. The Kier molecular flexibility index (Phi) is 12.6. The molecule has 0 aromatic heterocycles. The fourth-order valence-corrected chi connectivity index (χ4v) is 4.01. The summed E-state index contributed by atoms with van der Waals surface area (Å²) in [6, 6.07) is 6.21. The third-order valence-electron chi connectivity index (χ3n) is 4.84. The lowest BCUT2D eigenvalue weighted by atomic mass is 10.1. The van der Waals surface area contributed by atoms with Gasteiger partial charge in [0, 0.05) is 12.3 Å². The first-order chi connectivity index (χ1) is 15.8. The van der Waals surface area contributed by atoms with Gasteiger partial charge in [-0.15, -0.1) is 0 Å². The molecule has 1 aromatic rings. The van der Waals surface area contributed by atoms with Gasteiger partial charge in [-0.2, -0.15) is 0 Å². The average molecular weight is 506 g/mol. The van der Waals surface area contributed by atoms with E-state index in [1.165, 1.54) is 27.2 Å². The number of para-hydroxylation sites is 2. The molecule has 0 saturated carbocycles. The van der Waals surface area contributed by atoms with Gasteiger partial charge in [0.1, 0.15) is 6.10 Å². The lowest BCUT2D eigenvalue weighted by Gasteiger charge is -2.42.